The molecule has 4 heteroatoms. The molecule has 0 saturated heterocycles. The minimum atomic E-state index is -0.254. The second-order valence-corrected chi connectivity index (χ2v) is 4.49. The van der Waals surface area contributed by atoms with Gasteiger partial charge in [-0.15, -0.1) is 0 Å². The zero-order valence-electron chi connectivity index (χ0n) is 8.43. The number of methoxy groups -OCH3 is 1. The number of ether oxygens (including phenoxy) is 1. The number of thioether (sulfide) groups is 1. The summed E-state index contributed by atoms with van der Waals surface area (Å²) in [5.41, 5.74) is 0.834. The van der Waals surface area contributed by atoms with Crippen LogP contribution in [0, 0.1) is 5.82 Å². The molecule has 1 aromatic carbocycles. The van der Waals surface area contributed by atoms with E-state index in [-0.39, 0.29) is 5.82 Å². The standard InChI is InChI=1S/C11H12ClFOS/c1-8(12)6-15-7-9-5-10(13)3-4-11(9)14-2/h3-5H,1,6-7H2,2H3. The topological polar surface area (TPSA) is 9.23 Å². The van der Waals surface area contributed by atoms with E-state index < -0.39 is 0 Å². The number of rotatable bonds is 5. The summed E-state index contributed by atoms with van der Waals surface area (Å²) in [4.78, 5) is 0. The Morgan fingerprint density at radius 1 is 1.60 bits per heavy atom. The number of benzene rings is 1. The Kier molecular flexibility index (Phi) is 4.99. The van der Waals surface area contributed by atoms with Gasteiger partial charge in [0.15, 0.2) is 0 Å². The molecule has 0 bridgehead atoms. The Labute approximate surface area is 98.3 Å². The van der Waals surface area contributed by atoms with Gasteiger partial charge in [-0.2, -0.15) is 11.8 Å². The molecule has 0 fully saturated rings. The van der Waals surface area contributed by atoms with Gasteiger partial charge >= 0.3 is 0 Å². The van der Waals surface area contributed by atoms with Gasteiger partial charge in [0.25, 0.3) is 0 Å². The van der Waals surface area contributed by atoms with Crippen molar-refractivity contribution in [3.05, 3.63) is 41.2 Å². The molecule has 0 heterocycles. The predicted molar refractivity (Wildman–Crippen MR) is 64.1 cm³/mol. The maximum Gasteiger partial charge on any atom is 0.123 e. The molecule has 82 valence electrons. The van der Waals surface area contributed by atoms with Crippen molar-refractivity contribution in [1.82, 2.24) is 0 Å². The lowest BCUT2D eigenvalue weighted by Crippen LogP contribution is -1.92. The van der Waals surface area contributed by atoms with E-state index in [1.54, 1.807) is 24.9 Å². The van der Waals surface area contributed by atoms with E-state index in [0.717, 1.165) is 5.56 Å². The van der Waals surface area contributed by atoms with E-state index in [9.17, 15) is 4.39 Å². The molecule has 1 rings (SSSR count). The molecule has 0 amide bonds. The maximum absolute atomic E-state index is 13.0. The van der Waals surface area contributed by atoms with Crippen LogP contribution in [0.4, 0.5) is 4.39 Å². The smallest absolute Gasteiger partial charge is 0.123 e. The molecule has 0 aliphatic heterocycles. The SMILES string of the molecule is C=C(Cl)CSCc1cc(F)ccc1OC. The summed E-state index contributed by atoms with van der Waals surface area (Å²) >= 11 is 7.20. The molecule has 0 N–H and O–H groups in total. The minimum Gasteiger partial charge on any atom is -0.496 e. The van der Waals surface area contributed by atoms with E-state index in [0.29, 0.717) is 22.3 Å². The predicted octanol–water partition coefficient (Wildman–Crippen LogP) is 3.82. The van der Waals surface area contributed by atoms with Crippen LogP contribution in [0.3, 0.4) is 0 Å². The Bertz CT molecular complexity index is 354. The summed E-state index contributed by atoms with van der Waals surface area (Å²) in [6, 6.07) is 4.48. The summed E-state index contributed by atoms with van der Waals surface area (Å²) in [7, 11) is 1.57. The van der Waals surface area contributed by atoms with Crippen molar-refractivity contribution in [1.29, 1.82) is 0 Å². The molecule has 0 spiro atoms. The van der Waals surface area contributed by atoms with Crippen LogP contribution in [0.2, 0.25) is 0 Å². The fourth-order valence-electron chi connectivity index (χ4n) is 1.13. The molecule has 0 aliphatic carbocycles. The molecule has 1 nitrogen and oxygen atoms in total. The van der Waals surface area contributed by atoms with Crippen molar-refractivity contribution in [3.8, 4) is 5.75 Å². The van der Waals surface area contributed by atoms with Gasteiger partial charge in [-0.05, 0) is 18.2 Å². The Morgan fingerprint density at radius 2 is 2.33 bits per heavy atom. The van der Waals surface area contributed by atoms with Crippen molar-refractivity contribution < 1.29 is 9.13 Å². The second-order valence-electron chi connectivity index (χ2n) is 2.97. The van der Waals surface area contributed by atoms with Gasteiger partial charge in [0.1, 0.15) is 11.6 Å². The largest absolute Gasteiger partial charge is 0.496 e. The summed E-state index contributed by atoms with van der Waals surface area (Å²) < 4.78 is 18.1. The lowest BCUT2D eigenvalue weighted by molar-refractivity contribution is 0.410. The average molecular weight is 247 g/mol. The number of halogens is 2. The maximum atomic E-state index is 13.0. The summed E-state index contributed by atoms with van der Waals surface area (Å²) in [6.07, 6.45) is 0. The van der Waals surface area contributed by atoms with Crippen LogP contribution in [0.25, 0.3) is 0 Å². The highest BCUT2D eigenvalue weighted by atomic mass is 35.5. The average Bonchev–Trinajstić information content (AvgIpc) is 2.17. The summed E-state index contributed by atoms with van der Waals surface area (Å²) in [5.74, 6) is 1.76. The third-order valence-electron chi connectivity index (χ3n) is 1.76. The van der Waals surface area contributed by atoms with Crippen molar-refractivity contribution in [2.45, 2.75) is 5.75 Å². The monoisotopic (exact) mass is 246 g/mol. The fourth-order valence-corrected chi connectivity index (χ4v) is 2.13. The second kappa shape index (κ2) is 6.03. The highest BCUT2D eigenvalue weighted by molar-refractivity contribution is 7.98. The lowest BCUT2D eigenvalue weighted by Gasteiger charge is -2.07. The van der Waals surface area contributed by atoms with Crippen LogP contribution in [0.5, 0.6) is 5.75 Å². The first-order valence-corrected chi connectivity index (χ1v) is 5.90. The van der Waals surface area contributed by atoms with E-state index >= 15 is 0 Å². The lowest BCUT2D eigenvalue weighted by atomic mass is 10.2. The Hall–Kier alpha value is -0.670. The molecule has 1 aromatic rings. The van der Waals surface area contributed by atoms with E-state index in [2.05, 4.69) is 6.58 Å². The third-order valence-corrected chi connectivity index (χ3v) is 3.12. The van der Waals surface area contributed by atoms with Gasteiger partial charge in [0.05, 0.1) is 7.11 Å². The number of hydrogen-bond acceptors (Lipinski definition) is 2. The van der Waals surface area contributed by atoms with Gasteiger partial charge < -0.3 is 4.74 Å². The zero-order chi connectivity index (χ0) is 11.3. The molecule has 15 heavy (non-hydrogen) atoms. The van der Waals surface area contributed by atoms with Crippen molar-refractivity contribution >= 4 is 23.4 Å². The molecule has 0 aliphatic rings. The van der Waals surface area contributed by atoms with Crippen molar-refractivity contribution in [3.63, 3.8) is 0 Å². The van der Waals surface area contributed by atoms with Crippen molar-refractivity contribution in [2.24, 2.45) is 0 Å². The van der Waals surface area contributed by atoms with Crippen LogP contribution in [-0.2, 0) is 5.75 Å². The molecule has 0 saturated carbocycles. The minimum absolute atomic E-state index is 0.254. The van der Waals surface area contributed by atoms with Crippen LogP contribution in [0.15, 0.2) is 29.8 Å². The molecule has 0 unspecified atom stereocenters. The van der Waals surface area contributed by atoms with Gasteiger partial charge in [-0.25, -0.2) is 4.39 Å². The van der Waals surface area contributed by atoms with E-state index in [1.165, 1.54) is 12.1 Å². The van der Waals surface area contributed by atoms with Crippen LogP contribution < -0.4 is 4.74 Å². The highest BCUT2D eigenvalue weighted by Crippen LogP contribution is 2.25. The Morgan fingerprint density at radius 3 is 2.93 bits per heavy atom. The van der Waals surface area contributed by atoms with E-state index in [1.807, 2.05) is 0 Å². The summed E-state index contributed by atoms with van der Waals surface area (Å²) in [6.45, 7) is 3.59. The quantitative estimate of drug-likeness (QED) is 0.781. The molecule has 0 atom stereocenters. The van der Waals surface area contributed by atoms with Gasteiger partial charge in [0.2, 0.25) is 0 Å². The van der Waals surface area contributed by atoms with Crippen molar-refractivity contribution in [2.75, 3.05) is 12.9 Å². The normalized spacial score (nSPS) is 10.1. The first-order chi connectivity index (χ1) is 7.13. The number of hydrogen-bond donors (Lipinski definition) is 0. The highest BCUT2D eigenvalue weighted by Gasteiger charge is 2.04. The summed E-state index contributed by atoms with van der Waals surface area (Å²) in [5, 5.41) is 0.593. The first-order valence-electron chi connectivity index (χ1n) is 4.37. The van der Waals surface area contributed by atoms with Crippen LogP contribution >= 0.6 is 23.4 Å². The van der Waals surface area contributed by atoms with Crippen LogP contribution in [-0.4, -0.2) is 12.9 Å². The third kappa shape index (κ3) is 4.14. The molecule has 0 aromatic heterocycles. The van der Waals surface area contributed by atoms with Crippen LogP contribution in [0.1, 0.15) is 5.56 Å². The molecular weight excluding hydrogens is 235 g/mol. The molecular formula is C11H12ClFOS. The van der Waals surface area contributed by atoms with Gasteiger partial charge in [-0.3, -0.25) is 0 Å². The molecule has 0 radical (unpaired) electrons. The Balaban J connectivity index is 2.65. The van der Waals surface area contributed by atoms with Gasteiger partial charge in [-0.1, -0.05) is 18.2 Å². The fraction of sp³-hybridized carbons (Fsp3) is 0.273. The van der Waals surface area contributed by atoms with Gasteiger partial charge in [0, 0.05) is 22.1 Å². The first kappa shape index (κ1) is 12.4. The zero-order valence-corrected chi connectivity index (χ0v) is 10.00. The van der Waals surface area contributed by atoms with E-state index in [4.69, 9.17) is 16.3 Å².